The van der Waals surface area contributed by atoms with Gasteiger partial charge in [-0.05, 0) is 42.2 Å². The fraction of sp³-hybridized carbons (Fsp3) is 0.259. The topological polar surface area (TPSA) is 78.8 Å². The largest absolute Gasteiger partial charge is 0.347 e. The third kappa shape index (κ3) is 4.85. The minimum Gasteiger partial charge on any atom is -0.347 e. The van der Waals surface area contributed by atoms with Crippen molar-refractivity contribution in [1.82, 2.24) is 10.2 Å². The first kappa shape index (κ1) is 22.4. The molecule has 168 valence electrons. The molecular formula is C27H27N3O3. The molecule has 33 heavy (non-hydrogen) atoms. The molecular weight excluding hydrogens is 414 g/mol. The van der Waals surface area contributed by atoms with E-state index in [0.29, 0.717) is 24.9 Å². The van der Waals surface area contributed by atoms with Crippen LogP contribution in [0.1, 0.15) is 29.5 Å². The van der Waals surface area contributed by atoms with Crippen molar-refractivity contribution < 1.29 is 14.4 Å². The SMILES string of the molecule is CC1N=CC=C2C1C=C(C(=O)NCc1ccc(C(Cc3ccccc3)C(=O)C=O)cc1)N2C. The zero-order valence-electron chi connectivity index (χ0n) is 18.8. The Morgan fingerprint density at radius 1 is 1.09 bits per heavy atom. The Bertz CT molecular complexity index is 1130. The second-order valence-corrected chi connectivity index (χ2v) is 8.45. The molecule has 1 N–H and O–H groups in total. The second-order valence-electron chi connectivity index (χ2n) is 8.45. The number of allylic oxidation sites excluding steroid dienone is 1. The van der Waals surface area contributed by atoms with E-state index >= 15 is 0 Å². The summed E-state index contributed by atoms with van der Waals surface area (Å²) in [6.07, 6.45) is 6.58. The van der Waals surface area contributed by atoms with Crippen molar-refractivity contribution in [3.63, 3.8) is 0 Å². The van der Waals surface area contributed by atoms with Crippen molar-refractivity contribution in [1.29, 1.82) is 0 Å². The number of benzene rings is 2. The third-order valence-electron chi connectivity index (χ3n) is 6.32. The number of ketones is 1. The average Bonchev–Trinajstić information content (AvgIpc) is 3.19. The summed E-state index contributed by atoms with van der Waals surface area (Å²) in [7, 11) is 1.90. The molecule has 0 radical (unpaired) electrons. The number of likely N-dealkylation sites (N-methyl/N-ethyl adjacent to an activating group) is 1. The van der Waals surface area contributed by atoms with E-state index in [1.165, 1.54) is 0 Å². The lowest BCUT2D eigenvalue weighted by Gasteiger charge is -2.24. The van der Waals surface area contributed by atoms with Crippen LogP contribution in [-0.2, 0) is 27.3 Å². The lowest BCUT2D eigenvalue weighted by atomic mass is 9.88. The highest BCUT2D eigenvalue weighted by Gasteiger charge is 2.34. The number of nitrogens with one attached hydrogen (secondary N) is 1. The first-order valence-corrected chi connectivity index (χ1v) is 11.1. The summed E-state index contributed by atoms with van der Waals surface area (Å²) < 4.78 is 0. The monoisotopic (exact) mass is 441 g/mol. The standard InChI is InChI=1S/C27H27N3O3/c1-18-22-15-25(30(2)24(22)12-13-28-18)27(33)29-16-20-8-10-21(11-9-20)23(26(32)17-31)14-19-6-4-3-5-7-19/h3-13,15,17-18,22-23H,14,16H2,1-2H3,(H,29,33). The highest BCUT2D eigenvalue weighted by atomic mass is 16.2. The predicted molar refractivity (Wildman–Crippen MR) is 128 cm³/mol. The molecule has 0 aliphatic carbocycles. The van der Waals surface area contributed by atoms with Crippen molar-refractivity contribution in [2.75, 3.05) is 7.05 Å². The molecule has 1 amide bonds. The smallest absolute Gasteiger partial charge is 0.267 e. The molecule has 2 aromatic rings. The lowest BCUT2D eigenvalue weighted by molar-refractivity contribution is -0.130. The molecule has 3 unspecified atom stereocenters. The summed E-state index contributed by atoms with van der Waals surface area (Å²) >= 11 is 0. The summed E-state index contributed by atoms with van der Waals surface area (Å²) in [5.41, 5.74) is 4.40. The number of nitrogens with zero attached hydrogens (tertiary/aromatic N) is 2. The van der Waals surface area contributed by atoms with Gasteiger partial charge in [0.1, 0.15) is 5.70 Å². The number of dihydropyridines is 1. The van der Waals surface area contributed by atoms with Gasteiger partial charge in [0.15, 0.2) is 6.29 Å². The molecule has 6 heteroatoms. The van der Waals surface area contributed by atoms with Gasteiger partial charge < -0.3 is 10.2 Å². The van der Waals surface area contributed by atoms with Crippen molar-refractivity contribution >= 4 is 24.2 Å². The van der Waals surface area contributed by atoms with Gasteiger partial charge in [-0.25, -0.2) is 0 Å². The molecule has 2 heterocycles. The number of aliphatic imine (C=N–C) groups is 1. The number of rotatable bonds is 8. The van der Waals surface area contributed by atoms with E-state index in [1.807, 2.05) is 85.6 Å². The van der Waals surface area contributed by atoms with E-state index in [4.69, 9.17) is 0 Å². The first-order valence-electron chi connectivity index (χ1n) is 11.1. The van der Waals surface area contributed by atoms with Crippen LogP contribution in [0.5, 0.6) is 0 Å². The van der Waals surface area contributed by atoms with Gasteiger partial charge in [0.05, 0.1) is 12.0 Å². The Labute approximate surface area is 193 Å². The minimum absolute atomic E-state index is 0.114. The second kappa shape index (κ2) is 9.77. The van der Waals surface area contributed by atoms with E-state index in [0.717, 1.165) is 22.4 Å². The van der Waals surface area contributed by atoms with Crippen LogP contribution in [0.3, 0.4) is 0 Å². The fourth-order valence-electron chi connectivity index (χ4n) is 4.37. The average molecular weight is 442 g/mol. The zero-order valence-corrected chi connectivity index (χ0v) is 18.8. The fourth-order valence-corrected chi connectivity index (χ4v) is 4.37. The quantitative estimate of drug-likeness (QED) is 0.504. The van der Waals surface area contributed by atoms with E-state index < -0.39 is 11.7 Å². The van der Waals surface area contributed by atoms with Crippen LogP contribution in [0.15, 0.2) is 83.1 Å². The number of fused-ring (bicyclic) bond motifs is 1. The van der Waals surface area contributed by atoms with Crippen molar-refractivity contribution in [3.8, 4) is 0 Å². The van der Waals surface area contributed by atoms with Crippen molar-refractivity contribution in [2.45, 2.75) is 31.8 Å². The normalized spacial score (nSPS) is 19.9. The highest BCUT2D eigenvalue weighted by molar-refractivity contribution is 6.27. The molecule has 2 aliphatic rings. The van der Waals surface area contributed by atoms with E-state index in [9.17, 15) is 14.4 Å². The molecule has 0 saturated carbocycles. The summed E-state index contributed by atoms with van der Waals surface area (Å²) in [5, 5.41) is 2.98. The number of hydrogen-bond donors (Lipinski definition) is 1. The number of hydrogen-bond acceptors (Lipinski definition) is 5. The highest BCUT2D eigenvalue weighted by Crippen LogP contribution is 2.34. The molecule has 3 atom stereocenters. The molecule has 6 nitrogen and oxygen atoms in total. The van der Waals surface area contributed by atoms with E-state index in [2.05, 4.69) is 10.3 Å². The molecule has 4 rings (SSSR count). The Morgan fingerprint density at radius 2 is 1.82 bits per heavy atom. The maximum absolute atomic E-state index is 12.8. The first-order chi connectivity index (χ1) is 16.0. The van der Waals surface area contributed by atoms with Crippen LogP contribution in [-0.4, -0.2) is 42.2 Å². The number of Topliss-reactive ketones (excluding diaryl/α,β-unsaturated/α-hetero) is 1. The van der Waals surface area contributed by atoms with Gasteiger partial charge in [-0.3, -0.25) is 19.4 Å². The Morgan fingerprint density at radius 3 is 2.48 bits per heavy atom. The maximum atomic E-state index is 12.8. The summed E-state index contributed by atoms with van der Waals surface area (Å²) in [6, 6.07) is 17.2. The van der Waals surface area contributed by atoms with Crippen LogP contribution < -0.4 is 5.32 Å². The Balaban J connectivity index is 1.41. The number of carbonyl (C=O) groups is 3. The van der Waals surface area contributed by atoms with Crippen LogP contribution in [0, 0.1) is 5.92 Å². The van der Waals surface area contributed by atoms with Crippen LogP contribution in [0.4, 0.5) is 0 Å². The molecule has 0 saturated heterocycles. The van der Waals surface area contributed by atoms with Gasteiger partial charge in [0, 0.05) is 31.4 Å². The lowest BCUT2D eigenvalue weighted by Crippen LogP contribution is -2.31. The van der Waals surface area contributed by atoms with Crippen LogP contribution >= 0.6 is 0 Å². The number of carbonyl (C=O) groups excluding carboxylic acids is 3. The van der Waals surface area contributed by atoms with Gasteiger partial charge in [-0.1, -0.05) is 54.6 Å². The molecule has 2 aromatic carbocycles. The third-order valence-corrected chi connectivity index (χ3v) is 6.32. The van der Waals surface area contributed by atoms with Crippen molar-refractivity contribution in [2.24, 2.45) is 10.9 Å². The van der Waals surface area contributed by atoms with Crippen LogP contribution in [0.25, 0.3) is 0 Å². The van der Waals surface area contributed by atoms with Gasteiger partial charge in [0.2, 0.25) is 5.78 Å². The number of amides is 1. The predicted octanol–water partition coefficient (Wildman–Crippen LogP) is 3.20. The molecule has 0 bridgehead atoms. The van der Waals surface area contributed by atoms with E-state index in [1.54, 1.807) is 6.21 Å². The Hall–Kier alpha value is -3.80. The molecule has 2 aliphatic heterocycles. The van der Waals surface area contributed by atoms with E-state index in [-0.39, 0.29) is 17.9 Å². The van der Waals surface area contributed by atoms with Crippen molar-refractivity contribution in [3.05, 3.63) is 94.8 Å². The van der Waals surface area contributed by atoms with Gasteiger partial charge >= 0.3 is 0 Å². The van der Waals surface area contributed by atoms with Gasteiger partial charge in [0.25, 0.3) is 5.91 Å². The Kier molecular flexibility index (Phi) is 6.63. The maximum Gasteiger partial charge on any atom is 0.267 e. The zero-order chi connectivity index (χ0) is 23.4. The summed E-state index contributed by atoms with van der Waals surface area (Å²) in [6.45, 7) is 2.41. The number of aldehydes is 1. The molecule has 0 fully saturated rings. The minimum atomic E-state index is -0.522. The molecule has 0 spiro atoms. The van der Waals surface area contributed by atoms with Crippen LogP contribution in [0.2, 0.25) is 0 Å². The molecule has 0 aromatic heterocycles. The van der Waals surface area contributed by atoms with Gasteiger partial charge in [-0.2, -0.15) is 0 Å². The summed E-state index contributed by atoms with van der Waals surface area (Å²) in [5.74, 6) is -0.976. The summed E-state index contributed by atoms with van der Waals surface area (Å²) in [4.78, 5) is 42.6. The van der Waals surface area contributed by atoms with Gasteiger partial charge in [-0.15, -0.1) is 0 Å².